The number of halogens is 2. The Morgan fingerprint density at radius 3 is 2.61 bits per heavy atom. The maximum Gasteiger partial charge on any atom is 0.123 e. The summed E-state index contributed by atoms with van der Waals surface area (Å²) < 4.78 is 13.9. The molecular weight excluding hydrogens is 313 g/mol. The molecule has 1 N–H and O–H groups in total. The third-order valence-electron chi connectivity index (χ3n) is 2.82. The SMILES string of the molecule is CC(NCCc1ccc(F)cc1)c1sccc1Br. The third kappa shape index (κ3) is 3.64. The van der Waals surface area contributed by atoms with Crippen molar-refractivity contribution in [2.24, 2.45) is 0 Å². The van der Waals surface area contributed by atoms with Crippen molar-refractivity contribution in [3.8, 4) is 0 Å². The average molecular weight is 328 g/mol. The first-order chi connectivity index (χ1) is 8.66. The first-order valence-corrected chi connectivity index (χ1v) is 7.55. The molecule has 1 nitrogen and oxygen atoms in total. The molecule has 1 aromatic carbocycles. The lowest BCUT2D eigenvalue weighted by molar-refractivity contribution is 0.582. The molecule has 0 aliphatic rings. The van der Waals surface area contributed by atoms with Crippen molar-refractivity contribution < 1.29 is 4.39 Å². The highest BCUT2D eigenvalue weighted by atomic mass is 79.9. The Morgan fingerprint density at radius 2 is 2.00 bits per heavy atom. The van der Waals surface area contributed by atoms with Crippen molar-refractivity contribution in [1.82, 2.24) is 5.32 Å². The number of hydrogen-bond donors (Lipinski definition) is 1. The zero-order valence-corrected chi connectivity index (χ0v) is 12.5. The molecule has 1 heterocycles. The van der Waals surface area contributed by atoms with E-state index in [0.29, 0.717) is 6.04 Å². The lowest BCUT2D eigenvalue weighted by Crippen LogP contribution is -2.20. The van der Waals surface area contributed by atoms with Gasteiger partial charge >= 0.3 is 0 Å². The zero-order chi connectivity index (χ0) is 13.0. The van der Waals surface area contributed by atoms with Crippen LogP contribution in [-0.4, -0.2) is 6.54 Å². The second-order valence-corrected chi connectivity index (χ2v) is 5.99. The van der Waals surface area contributed by atoms with Crippen molar-refractivity contribution in [3.05, 3.63) is 56.4 Å². The lowest BCUT2D eigenvalue weighted by atomic mass is 10.1. The Labute approximate surface area is 119 Å². The summed E-state index contributed by atoms with van der Waals surface area (Å²) in [5.74, 6) is -0.178. The van der Waals surface area contributed by atoms with Gasteiger partial charge in [0, 0.05) is 15.4 Å². The highest BCUT2D eigenvalue weighted by Crippen LogP contribution is 2.28. The third-order valence-corrected chi connectivity index (χ3v) is 4.87. The minimum absolute atomic E-state index is 0.178. The predicted octanol–water partition coefficient (Wildman–Crippen LogP) is 4.54. The Morgan fingerprint density at radius 1 is 1.28 bits per heavy atom. The summed E-state index contributed by atoms with van der Waals surface area (Å²) in [6, 6.07) is 9.09. The molecule has 96 valence electrons. The molecule has 4 heteroatoms. The van der Waals surface area contributed by atoms with E-state index in [1.165, 1.54) is 17.0 Å². The van der Waals surface area contributed by atoms with E-state index in [4.69, 9.17) is 0 Å². The second-order valence-electron chi connectivity index (χ2n) is 4.19. The van der Waals surface area contributed by atoms with E-state index in [-0.39, 0.29) is 5.82 Å². The largest absolute Gasteiger partial charge is 0.309 e. The van der Waals surface area contributed by atoms with Crippen molar-refractivity contribution in [3.63, 3.8) is 0 Å². The van der Waals surface area contributed by atoms with Crippen LogP contribution in [0.25, 0.3) is 0 Å². The molecule has 0 aliphatic heterocycles. The van der Waals surface area contributed by atoms with E-state index in [1.807, 2.05) is 12.1 Å². The highest BCUT2D eigenvalue weighted by Gasteiger charge is 2.09. The smallest absolute Gasteiger partial charge is 0.123 e. The summed E-state index contributed by atoms with van der Waals surface area (Å²) in [6.07, 6.45) is 0.910. The molecule has 1 atom stereocenters. The van der Waals surface area contributed by atoms with Gasteiger partial charge in [-0.05, 0) is 65.0 Å². The first-order valence-electron chi connectivity index (χ1n) is 5.87. The van der Waals surface area contributed by atoms with Gasteiger partial charge in [0.05, 0.1) is 0 Å². The van der Waals surface area contributed by atoms with E-state index in [2.05, 4.69) is 39.6 Å². The summed E-state index contributed by atoms with van der Waals surface area (Å²) in [5.41, 5.74) is 1.15. The van der Waals surface area contributed by atoms with E-state index < -0.39 is 0 Å². The monoisotopic (exact) mass is 327 g/mol. The minimum Gasteiger partial charge on any atom is -0.309 e. The average Bonchev–Trinajstić information content (AvgIpc) is 2.78. The maximum atomic E-state index is 12.7. The summed E-state index contributed by atoms with van der Waals surface area (Å²) in [6.45, 7) is 3.04. The fourth-order valence-electron chi connectivity index (χ4n) is 1.79. The quantitative estimate of drug-likeness (QED) is 0.849. The number of rotatable bonds is 5. The van der Waals surface area contributed by atoms with Crippen LogP contribution in [0.1, 0.15) is 23.4 Å². The van der Waals surface area contributed by atoms with Crippen LogP contribution in [0.15, 0.2) is 40.2 Å². The van der Waals surface area contributed by atoms with Gasteiger partial charge in [-0.25, -0.2) is 4.39 Å². The van der Waals surface area contributed by atoms with Gasteiger partial charge in [-0.15, -0.1) is 11.3 Å². The Balaban J connectivity index is 1.82. The highest BCUT2D eigenvalue weighted by molar-refractivity contribution is 9.10. The lowest BCUT2D eigenvalue weighted by Gasteiger charge is -2.12. The number of thiophene rings is 1. The normalized spacial score (nSPS) is 12.6. The van der Waals surface area contributed by atoms with Crippen LogP contribution in [0.5, 0.6) is 0 Å². The Kier molecular flexibility index (Phi) is 4.92. The summed E-state index contributed by atoms with van der Waals surface area (Å²) in [5, 5.41) is 5.56. The fraction of sp³-hybridized carbons (Fsp3) is 0.286. The summed E-state index contributed by atoms with van der Waals surface area (Å²) in [7, 11) is 0. The topological polar surface area (TPSA) is 12.0 Å². The van der Waals surface area contributed by atoms with Crippen molar-refractivity contribution >= 4 is 27.3 Å². The van der Waals surface area contributed by atoms with Crippen LogP contribution in [-0.2, 0) is 6.42 Å². The zero-order valence-electron chi connectivity index (χ0n) is 10.1. The van der Waals surface area contributed by atoms with Gasteiger partial charge in [0.25, 0.3) is 0 Å². The van der Waals surface area contributed by atoms with Crippen LogP contribution >= 0.6 is 27.3 Å². The Bertz CT molecular complexity index is 495. The second kappa shape index (κ2) is 6.45. The van der Waals surface area contributed by atoms with E-state index >= 15 is 0 Å². The molecule has 0 saturated carbocycles. The number of nitrogens with one attached hydrogen (secondary N) is 1. The fourth-order valence-corrected chi connectivity index (χ4v) is 3.54. The molecule has 18 heavy (non-hydrogen) atoms. The molecule has 0 fully saturated rings. The van der Waals surface area contributed by atoms with E-state index in [0.717, 1.165) is 23.0 Å². The van der Waals surface area contributed by atoms with Crippen LogP contribution in [0.4, 0.5) is 4.39 Å². The van der Waals surface area contributed by atoms with Gasteiger partial charge in [-0.1, -0.05) is 12.1 Å². The number of hydrogen-bond acceptors (Lipinski definition) is 2. The standard InChI is InChI=1S/C14H15BrFNS/c1-10(14-13(15)7-9-18-14)17-8-6-11-2-4-12(16)5-3-11/h2-5,7,9-10,17H,6,8H2,1H3. The van der Waals surface area contributed by atoms with Gasteiger partial charge in [-0.2, -0.15) is 0 Å². The van der Waals surface area contributed by atoms with Crippen LogP contribution in [0.3, 0.4) is 0 Å². The maximum absolute atomic E-state index is 12.7. The molecule has 2 rings (SSSR count). The van der Waals surface area contributed by atoms with Crippen molar-refractivity contribution in [2.45, 2.75) is 19.4 Å². The molecule has 1 unspecified atom stereocenters. The van der Waals surface area contributed by atoms with Gasteiger partial charge in [0.1, 0.15) is 5.82 Å². The molecule has 0 amide bonds. The minimum atomic E-state index is -0.178. The van der Waals surface area contributed by atoms with Crippen LogP contribution in [0, 0.1) is 5.82 Å². The molecule has 0 bridgehead atoms. The first kappa shape index (κ1) is 13.7. The number of benzene rings is 1. The van der Waals surface area contributed by atoms with Gasteiger partial charge in [0.2, 0.25) is 0 Å². The summed E-state index contributed by atoms with van der Waals surface area (Å²) >= 11 is 5.29. The summed E-state index contributed by atoms with van der Waals surface area (Å²) in [4.78, 5) is 1.31. The van der Waals surface area contributed by atoms with Crippen LogP contribution < -0.4 is 5.32 Å². The molecule has 0 radical (unpaired) electrons. The predicted molar refractivity (Wildman–Crippen MR) is 78.5 cm³/mol. The molecule has 1 aromatic heterocycles. The molecule has 2 aromatic rings. The van der Waals surface area contributed by atoms with Crippen LogP contribution in [0.2, 0.25) is 0 Å². The molecule has 0 aliphatic carbocycles. The van der Waals surface area contributed by atoms with Gasteiger partial charge in [0.15, 0.2) is 0 Å². The van der Waals surface area contributed by atoms with E-state index in [9.17, 15) is 4.39 Å². The van der Waals surface area contributed by atoms with Gasteiger partial charge in [-0.3, -0.25) is 0 Å². The molecule has 0 saturated heterocycles. The molecule has 0 spiro atoms. The van der Waals surface area contributed by atoms with Crippen molar-refractivity contribution in [1.29, 1.82) is 0 Å². The Hall–Kier alpha value is -0.710. The van der Waals surface area contributed by atoms with Crippen molar-refractivity contribution in [2.75, 3.05) is 6.54 Å². The van der Waals surface area contributed by atoms with E-state index in [1.54, 1.807) is 11.3 Å². The molecular formula is C14H15BrFNS. The van der Waals surface area contributed by atoms with Gasteiger partial charge < -0.3 is 5.32 Å².